The highest BCUT2D eigenvalue weighted by atomic mass is 16.1. The van der Waals surface area contributed by atoms with Gasteiger partial charge in [0.2, 0.25) is 0 Å². The van der Waals surface area contributed by atoms with Gasteiger partial charge in [0.05, 0.1) is 5.39 Å². The van der Waals surface area contributed by atoms with Gasteiger partial charge in [0.15, 0.2) is 5.82 Å². The van der Waals surface area contributed by atoms with E-state index in [0.29, 0.717) is 11.9 Å². The topological polar surface area (TPSA) is 50.2 Å². The number of likely N-dealkylation sites (N-methyl/N-ethyl adjacent to an activating group) is 1. The van der Waals surface area contributed by atoms with Crippen LogP contribution in [0.25, 0.3) is 10.8 Å². The van der Waals surface area contributed by atoms with Gasteiger partial charge >= 0.3 is 0 Å². The molecule has 5 nitrogen and oxygen atoms in total. The molecule has 1 heterocycles. The standard InChI is InChI=1S/C15H22N4O/c1-5-19-15(20)13-9-7-6-8-12(13)14(17-19)16-11(2)10-18(3)4/h6-9,11H,5,10H2,1-4H3,(H,16,17)/t11-/m0/s1. The van der Waals surface area contributed by atoms with E-state index in [1.54, 1.807) is 0 Å². The average Bonchev–Trinajstić information content (AvgIpc) is 2.41. The molecule has 0 aliphatic rings. The molecule has 0 unspecified atom stereocenters. The Balaban J connectivity index is 2.47. The van der Waals surface area contributed by atoms with E-state index in [2.05, 4.69) is 22.2 Å². The molecule has 0 aliphatic carbocycles. The normalized spacial score (nSPS) is 12.8. The number of fused-ring (bicyclic) bond motifs is 1. The summed E-state index contributed by atoms with van der Waals surface area (Å²) in [6, 6.07) is 7.86. The van der Waals surface area contributed by atoms with E-state index in [-0.39, 0.29) is 11.6 Å². The molecule has 1 aromatic carbocycles. The number of rotatable bonds is 5. The van der Waals surface area contributed by atoms with Gasteiger partial charge in [-0.2, -0.15) is 5.10 Å². The minimum Gasteiger partial charge on any atom is -0.364 e. The molecule has 108 valence electrons. The van der Waals surface area contributed by atoms with Gasteiger partial charge in [0.25, 0.3) is 5.56 Å². The van der Waals surface area contributed by atoms with E-state index in [9.17, 15) is 4.79 Å². The highest BCUT2D eigenvalue weighted by Gasteiger charge is 2.11. The Morgan fingerprint density at radius 1 is 1.30 bits per heavy atom. The molecule has 0 saturated heterocycles. The SMILES string of the molecule is CCn1nc(N[C@@H](C)CN(C)C)c2ccccc2c1=O. The fourth-order valence-corrected chi connectivity index (χ4v) is 2.38. The molecule has 0 aliphatic heterocycles. The summed E-state index contributed by atoms with van der Waals surface area (Å²) in [4.78, 5) is 14.4. The number of aromatic nitrogens is 2. The van der Waals surface area contributed by atoms with E-state index in [4.69, 9.17) is 0 Å². The molecule has 1 aromatic heterocycles. The van der Waals surface area contributed by atoms with Gasteiger partial charge in [-0.05, 0) is 34.0 Å². The third kappa shape index (κ3) is 2.99. The van der Waals surface area contributed by atoms with Gasteiger partial charge in [-0.25, -0.2) is 4.68 Å². The number of anilines is 1. The predicted molar refractivity (Wildman–Crippen MR) is 83.3 cm³/mol. The summed E-state index contributed by atoms with van der Waals surface area (Å²) in [5.41, 5.74) is -0.0334. The van der Waals surface area contributed by atoms with Crippen molar-refractivity contribution in [1.29, 1.82) is 0 Å². The first kappa shape index (κ1) is 14.5. The third-order valence-corrected chi connectivity index (χ3v) is 3.19. The van der Waals surface area contributed by atoms with Gasteiger partial charge in [-0.3, -0.25) is 4.79 Å². The summed E-state index contributed by atoms with van der Waals surface area (Å²) in [5.74, 6) is 0.774. The van der Waals surface area contributed by atoms with Gasteiger partial charge in [0.1, 0.15) is 0 Å². The maximum absolute atomic E-state index is 12.2. The zero-order chi connectivity index (χ0) is 14.7. The smallest absolute Gasteiger partial charge is 0.274 e. The molecular weight excluding hydrogens is 252 g/mol. The van der Waals surface area contributed by atoms with Crippen molar-refractivity contribution in [2.24, 2.45) is 0 Å². The molecule has 0 bridgehead atoms. The fourth-order valence-electron chi connectivity index (χ4n) is 2.38. The monoisotopic (exact) mass is 274 g/mol. The minimum absolute atomic E-state index is 0.0334. The maximum atomic E-state index is 12.2. The van der Waals surface area contributed by atoms with Gasteiger partial charge < -0.3 is 10.2 Å². The van der Waals surface area contributed by atoms with Gasteiger partial charge in [-0.1, -0.05) is 18.2 Å². The fraction of sp³-hybridized carbons (Fsp3) is 0.467. The first-order valence-corrected chi connectivity index (χ1v) is 6.94. The lowest BCUT2D eigenvalue weighted by molar-refractivity contribution is 0.391. The van der Waals surface area contributed by atoms with Crippen molar-refractivity contribution in [3.8, 4) is 0 Å². The van der Waals surface area contributed by atoms with Crippen LogP contribution in [0, 0.1) is 0 Å². The molecule has 2 aromatic rings. The summed E-state index contributed by atoms with van der Waals surface area (Å²) < 4.78 is 1.51. The molecular formula is C15H22N4O. The van der Waals surface area contributed by atoms with E-state index in [1.165, 1.54) is 4.68 Å². The number of hydrogen-bond acceptors (Lipinski definition) is 4. The largest absolute Gasteiger partial charge is 0.364 e. The molecule has 0 radical (unpaired) electrons. The summed E-state index contributed by atoms with van der Waals surface area (Å²) in [5, 5.41) is 9.44. The van der Waals surface area contributed by atoms with E-state index < -0.39 is 0 Å². The van der Waals surface area contributed by atoms with Crippen LogP contribution in [-0.2, 0) is 6.54 Å². The molecule has 0 saturated carbocycles. The van der Waals surface area contributed by atoms with Gasteiger partial charge in [-0.15, -0.1) is 0 Å². The second-order valence-corrected chi connectivity index (χ2v) is 5.32. The summed E-state index contributed by atoms with van der Waals surface area (Å²) in [6.07, 6.45) is 0. The van der Waals surface area contributed by atoms with Crippen LogP contribution in [-0.4, -0.2) is 41.4 Å². The van der Waals surface area contributed by atoms with Crippen molar-refractivity contribution in [2.45, 2.75) is 26.4 Å². The molecule has 0 fully saturated rings. The lowest BCUT2D eigenvalue weighted by Gasteiger charge is -2.20. The summed E-state index contributed by atoms with van der Waals surface area (Å²) in [6.45, 7) is 5.51. The van der Waals surface area contributed by atoms with Crippen LogP contribution in [0.1, 0.15) is 13.8 Å². The van der Waals surface area contributed by atoms with Crippen LogP contribution in [0.4, 0.5) is 5.82 Å². The molecule has 5 heteroatoms. The van der Waals surface area contributed by atoms with Crippen molar-refractivity contribution in [3.63, 3.8) is 0 Å². The second kappa shape index (κ2) is 6.05. The first-order valence-electron chi connectivity index (χ1n) is 6.94. The molecule has 0 amide bonds. The maximum Gasteiger partial charge on any atom is 0.274 e. The Labute approximate surface area is 119 Å². The first-order chi connectivity index (χ1) is 9.52. The van der Waals surface area contributed by atoms with Crippen molar-refractivity contribution in [3.05, 3.63) is 34.6 Å². The van der Waals surface area contributed by atoms with Crippen LogP contribution >= 0.6 is 0 Å². The van der Waals surface area contributed by atoms with Crippen LogP contribution in [0.15, 0.2) is 29.1 Å². The zero-order valence-corrected chi connectivity index (χ0v) is 12.6. The Morgan fingerprint density at radius 3 is 2.55 bits per heavy atom. The molecule has 1 atom stereocenters. The van der Waals surface area contributed by atoms with E-state index >= 15 is 0 Å². The van der Waals surface area contributed by atoms with Crippen molar-refractivity contribution in [1.82, 2.24) is 14.7 Å². The van der Waals surface area contributed by atoms with E-state index in [0.717, 1.165) is 17.7 Å². The molecule has 1 N–H and O–H groups in total. The highest BCUT2D eigenvalue weighted by Crippen LogP contribution is 2.18. The highest BCUT2D eigenvalue weighted by molar-refractivity contribution is 5.90. The number of nitrogens with one attached hydrogen (secondary N) is 1. The van der Waals surface area contributed by atoms with Crippen LogP contribution in [0.5, 0.6) is 0 Å². The van der Waals surface area contributed by atoms with Gasteiger partial charge in [0, 0.05) is 24.5 Å². The van der Waals surface area contributed by atoms with Crippen molar-refractivity contribution in [2.75, 3.05) is 26.0 Å². The Hall–Kier alpha value is -1.88. The third-order valence-electron chi connectivity index (χ3n) is 3.19. The Bertz CT molecular complexity index is 648. The van der Waals surface area contributed by atoms with Crippen molar-refractivity contribution >= 4 is 16.6 Å². The summed E-state index contributed by atoms with van der Waals surface area (Å²) in [7, 11) is 4.08. The second-order valence-electron chi connectivity index (χ2n) is 5.32. The lowest BCUT2D eigenvalue weighted by Crippen LogP contribution is -2.31. The number of nitrogens with zero attached hydrogens (tertiary/aromatic N) is 3. The Kier molecular flexibility index (Phi) is 4.39. The Morgan fingerprint density at radius 2 is 1.95 bits per heavy atom. The predicted octanol–water partition coefficient (Wildman–Crippen LogP) is 1.78. The molecule has 2 rings (SSSR count). The number of aryl methyl sites for hydroxylation is 1. The minimum atomic E-state index is -0.0334. The van der Waals surface area contributed by atoms with Crippen LogP contribution in [0.2, 0.25) is 0 Å². The molecule has 20 heavy (non-hydrogen) atoms. The van der Waals surface area contributed by atoms with Crippen LogP contribution < -0.4 is 10.9 Å². The average molecular weight is 274 g/mol. The zero-order valence-electron chi connectivity index (χ0n) is 12.6. The summed E-state index contributed by atoms with van der Waals surface area (Å²) >= 11 is 0. The number of hydrogen-bond donors (Lipinski definition) is 1. The van der Waals surface area contributed by atoms with Crippen molar-refractivity contribution < 1.29 is 0 Å². The quantitative estimate of drug-likeness (QED) is 0.903. The van der Waals surface area contributed by atoms with E-state index in [1.807, 2.05) is 45.3 Å². The number of benzene rings is 1. The lowest BCUT2D eigenvalue weighted by atomic mass is 10.2. The molecule has 0 spiro atoms. The van der Waals surface area contributed by atoms with Crippen LogP contribution in [0.3, 0.4) is 0 Å².